The predicted molar refractivity (Wildman–Crippen MR) is 113 cm³/mol. The van der Waals surface area contributed by atoms with E-state index >= 15 is 0 Å². The first-order chi connectivity index (χ1) is 14.4. The number of aliphatic hydroxyl groups is 2. The van der Waals surface area contributed by atoms with E-state index in [-0.39, 0.29) is 5.82 Å². The number of β-amino-alcohol motifs (C(OH)–C–C–N with tert-alkyl or cyclic N) is 1. The van der Waals surface area contributed by atoms with Crippen molar-refractivity contribution >= 4 is 22.5 Å². The number of hydrogen-bond donors (Lipinski definition) is 3. The lowest BCUT2D eigenvalue weighted by atomic mass is 9.81. The van der Waals surface area contributed by atoms with E-state index in [4.69, 9.17) is 16.3 Å². The number of aromatic nitrogens is 1. The number of halogens is 2. The largest absolute Gasteiger partial charge is 0.487 e. The second-order valence-electron chi connectivity index (χ2n) is 8.44. The van der Waals surface area contributed by atoms with Crippen molar-refractivity contribution in [3.05, 3.63) is 64.6 Å². The summed E-state index contributed by atoms with van der Waals surface area (Å²) in [6, 6.07) is 9.92. The summed E-state index contributed by atoms with van der Waals surface area (Å²) in [5, 5.41) is 22.7. The normalized spacial score (nSPS) is 22.1. The number of nitrogens with zero attached hydrogens (tertiary/aromatic N) is 1. The Morgan fingerprint density at radius 1 is 1.23 bits per heavy atom. The van der Waals surface area contributed by atoms with E-state index in [1.807, 2.05) is 6.07 Å². The Bertz CT molecular complexity index is 1080. The molecule has 0 amide bonds. The van der Waals surface area contributed by atoms with Crippen LogP contribution in [0.1, 0.15) is 42.6 Å². The number of fused-ring (bicyclic) bond motifs is 2. The van der Waals surface area contributed by atoms with Gasteiger partial charge in [-0.3, -0.25) is 0 Å². The molecule has 7 heteroatoms. The molecule has 0 aliphatic carbocycles. The summed E-state index contributed by atoms with van der Waals surface area (Å²) >= 11 is 6.05. The van der Waals surface area contributed by atoms with E-state index in [9.17, 15) is 14.6 Å². The van der Waals surface area contributed by atoms with Gasteiger partial charge in [0.25, 0.3) is 0 Å². The topological polar surface area (TPSA) is 68.7 Å². The Morgan fingerprint density at radius 3 is 2.83 bits per heavy atom. The van der Waals surface area contributed by atoms with Gasteiger partial charge in [-0.05, 0) is 49.2 Å². The fourth-order valence-corrected chi connectivity index (χ4v) is 4.97. The molecule has 0 radical (unpaired) electrons. The third-order valence-corrected chi connectivity index (χ3v) is 6.69. The Labute approximate surface area is 179 Å². The third-order valence-electron chi connectivity index (χ3n) is 6.46. The van der Waals surface area contributed by atoms with Crippen molar-refractivity contribution < 1.29 is 19.3 Å². The number of benzene rings is 2. The highest BCUT2D eigenvalue weighted by atomic mass is 35.5. The average Bonchev–Trinajstić information content (AvgIpc) is 3.14. The number of rotatable bonds is 3. The highest BCUT2D eigenvalue weighted by molar-refractivity contribution is 6.30. The number of hydrogen-bond acceptors (Lipinski definition) is 4. The van der Waals surface area contributed by atoms with Gasteiger partial charge in [0.2, 0.25) is 0 Å². The number of nitrogens with one attached hydrogen (secondary N) is 1. The van der Waals surface area contributed by atoms with E-state index in [1.54, 1.807) is 24.4 Å². The molecule has 1 aromatic heterocycles. The molecule has 1 fully saturated rings. The minimum atomic E-state index is -0.713. The Kier molecular flexibility index (Phi) is 4.98. The van der Waals surface area contributed by atoms with Crippen LogP contribution in [0, 0.1) is 5.82 Å². The van der Waals surface area contributed by atoms with Crippen LogP contribution in [0.5, 0.6) is 5.75 Å². The number of H-pyrrole nitrogens is 1. The standard InChI is InChI=1S/C23H24ClFN2O3/c24-14-1-4-22-17(9-14)20(28)11-23(30-22)5-7-27(8-6-23)13-21(29)18-12-26-19-3-2-15(25)10-16(18)19/h1-4,9-10,12,20-21,26,28-29H,5-8,11,13H2/t20-,21+/m0/s1. The summed E-state index contributed by atoms with van der Waals surface area (Å²) < 4.78 is 20.0. The van der Waals surface area contributed by atoms with Gasteiger partial charge in [0.05, 0.1) is 12.2 Å². The number of aliphatic hydroxyl groups excluding tert-OH is 2. The van der Waals surface area contributed by atoms with Gasteiger partial charge in [-0.15, -0.1) is 0 Å². The molecule has 1 spiro atoms. The molecule has 2 atom stereocenters. The molecule has 3 heterocycles. The molecule has 2 aliphatic heterocycles. The molecule has 0 unspecified atom stereocenters. The number of likely N-dealkylation sites (tertiary alicyclic amines) is 1. The van der Waals surface area contributed by atoms with Gasteiger partial charge in [0, 0.05) is 59.3 Å². The fourth-order valence-electron chi connectivity index (χ4n) is 4.79. The number of aromatic amines is 1. The molecule has 2 aliphatic rings. The Morgan fingerprint density at radius 2 is 2.03 bits per heavy atom. The first-order valence-corrected chi connectivity index (χ1v) is 10.6. The maximum atomic E-state index is 13.6. The lowest BCUT2D eigenvalue weighted by molar-refractivity contribution is -0.0587. The van der Waals surface area contributed by atoms with E-state index in [0.29, 0.717) is 34.7 Å². The Hall–Kier alpha value is -2.12. The first kappa shape index (κ1) is 19.8. The van der Waals surface area contributed by atoms with Gasteiger partial charge in [-0.25, -0.2) is 4.39 Å². The van der Waals surface area contributed by atoms with Crippen LogP contribution in [-0.2, 0) is 0 Å². The zero-order chi connectivity index (χ0) is 20.9. The highest BCUT2D eigenvalue weighted by Gasteiger charge is 2.43. The fraction of sp³-hybridized carbons (Fsp3) is 0.391. The van der Waals surface area contributed by atoms with Gasteiger partial charge in [0.15, 0.2) is 0 Å². The van der Waals surface area contributed by atoms with Crippen LogP contribution in [0.3, 0.4) is 0 Å². The van der Waals surface area contributed by atoms with E-state index < -0.39 is 17.8 Å². The minimum absolute atomic E-state index is 0.315. The van der Waals surface area contributed by atoms with Crippen molar-refractivity contribution in [2.75, 3.05) is 19.6 Å². The van der Waals surface area contributed by atoms with Crippen molar-refractivity contribution in [2.24, 2.45) is 0 Å². The zero-order valence-electron chi connectivity index (χ0n) is 16.4. The summed E-state index contributed by atoms with van der Waals surface area (Å²) in [4.78, 5) is 5.29. The molecular formula is C23H24ClFN2O3. The van der Waals surface area contributed by atoms with E-state index in [0.717, 1.165) is 37.0 Å². The third kappa shape index (κ3) is 3.58. The van der Waals surface area contributed by atoms with Crippen LogP contribution in [-0.4, -0.2) is 45.3 Å². The molecule has 5 nitrogen and oxygen atoms in total. The lowest BCUT2D eigenvalue weighted by Gasteiger charge is -2.46. The number of ether oxygens (including phenoxy) is 1. The van der Waals surface area contributed by atoms with Crippen LogP contribution >= 0.6 is 11.6 Å². The molecule has 158 valence electrons. The predicted octanol–water partition coefficient (Wildman–Crippen LogP) is 4.34. The molecule has 2 aromatic carbocycles. The summed E-state index contributed by atoms with van der Waals surface area (Å²) in [7, 11) is 0. The van der Waals surface area contributed by atoms with Gasteiger partial charge in [0.1, 0.15) is 17.2 Å². The smallest absolute Gasteiger partial charge is 0.126 e. The molecule has 1 saturated heterocycles. The zero-order valence-corrected chi connectivity index (χ0v) is 17.2. The Balaban J connectivity index is 1.26. The molecule has 3 aromatic rings. The van der Waals surface area contributed by atoms with Crippen molar-refractivity contribution in [3.63, 3.8) is 0 Å². The van der Waals surface area contributed by atoms with Crippen LogP contribution in [0.2, 0.25) is 5.02 Å². The van der Waals surface area contributed by atoms with Gasteiger partial charge in [-0.2, -0.15) is 0 Å². The highest BCUT2D eigenvalue weighted by Crippen LogP contribution is 2.45. The van der Waals surface area contributed by atoms with Crippen LogP contribution in [0.25, 0.3) is 10.9 Å². The first-order valence-electron chi connectivity index (χ1n) is 10.3. The van der Waals surface area contributed by atoms with Crippen molar-refractivity contribution in [1.29, 1.82) is 0 Å². The van der Waals surface area contributed by atoms with E-state index in [2.05, 4.69) is 9.88 Å². The van der Waals surface area contributed by atoms with Crippen molar-refractivity contribution in [1.82, 2.24) is 9.88 Å². The summed E-state index contributed by atoms with van der Waals surface area (Å²) in [6.45, 7) is 1.97. The molecule has 3 N–H and O–H groups in total. The second kappa shape index (κ2) is 7.54. The van der Waals surface area contributed by atoms with Crippen molar-refractivity contribution in [3.8, 4) is 5.75 Å². The molecular weight excluding hydrogens is 407 g/mol. The summed E-state index contributed by atoms with van der Waals surface area (Å²) in [5.41, 5.74) is 1.87. The quantitative estimate of drug-likeness (QED) is 0.578. The summed E-state index contributed by atoms with van der Waals surface area (Å²) in [6.07, 6.45) is 2.52. The monoisotopic (exact) mass is 430 g/mol. The van der Waals surface area contributed by atoms with E-state index in [1.165, 1.54) is 12.1 Å². The second-order valence-corrected chi connectivity index (χ2v) is 8.87. The van der Waals surface area contributed by atoms with Crippen LogP contribution < -0.4 is 4.74 Å². The van der Waals surface area contributed by atoms with Crippen LogP contribution in [0.15, 0.2) is 42.6 Å². The van der Waals surface area contributed by atoms with Crippen molar-refractivity contribution in [2.45, 2.75) is 37.1 Å². The van der Waals surface area contributed by atoms with Gasteiger partial charge < -0.3 is 24.8 Å². The van der Waals surface area contributed by atoms with Crippen LogP contribution in [0.4, 0.5) is 4.39 Å². The van der Waals surface area contributed by atoms with Gasteiger partial charge in [-0.1, -0.05) is 11.6 Å². The average molecular weight is 431 g/mol. The maximum absolute atomic E-state index is 13.6. The lowest BCUT2D eigenvalue weighted by Crippen LogP contribution is -2.51. The van der Waals surface area contributed by atoms with Gasteiger partial charge >= 0.3 is 0 Å². The number of piperidine rings is 1. The maximum Gasteiger partial charge on any atom is 0.126 e. The minimum Gasteiger partial charge on any atom is -0.487 e. The summed E-state index contributed by atoms with van der Waals surface area (Å²) in [5.74, 6) is 0.387. The molecule has 0 bridgehead atoms. The molecule has 5 rings (SSSR count). The molecule has 30 heavy (non-hydrogen) atoms. The SMILES string of the molecule is O[C@H](CN1CCC2(CC1)C[C@H](O)c1cc(Cl)ccc1O2)c1c[nH]c2ccc(F)cc12. The molecule has 0 saturated carbocycles.